The fourth-order valence-corrected chi connectivity index (χ4v) is 11.7. The molecule has 1 aliphatic carbocycles. The Hall–Kier alpha value is -10.5. The van der Waals surface area contributed by atoms with Crippen LogP contribution in [-0.4, -0.2) is 249 Å². The number of benzene rings is 2. The van der Waals surface area contributed by atoms with Gasteiger partial charge in [-0.25, -0.2) is 33.6 Å². The van der Waals surface area contributed by atoms with Gasteiger partial charge in [-0.05, 0) is 30.4 Å². The first-order valence-electron chi connectivity index (χ1n) is 28.4. The maximum atomic E-state index is 14.7. The summed E-state index contributed by atoms with van der Waals surface area (Å²) in [4.78, 5) is 226. The standard InChI is InChI=1S/C53H64N8O36S4/c62-37(54-33(48(74)75)20-98(84,85)86)14-29(58-43(68)28-12-26(41(66)52(82)96-18-24-7-3-1-4-8-24)11-27(13-28)42(67)53(83)97-19-25-9-5-2-6-10-25)44(69)59-30(15-38(63)55-34(49(76)77)21-99(87,88)89)45(70)60-31(16-39(64)56-35(50(78)79)22-100(90,91)92)46(71)61-32(47(72)73)17-40(65)57-36(51(80)81)23-101(93,94)95/h1-10,26-36H,11-23H2,(H,54,62)(H,55,63)(H,56,64)(H,57,65)(H,58,68)(H,59,69)(H,60,70)(H,61,71)(H,72,73)(H,74,75)(H,76,77)(H,78,79)(H,80,81)(H,84,85,86)(H,87,88,89)(H,90,91,92)(H,93,94,95)/t26-,27+,28-,29-,30-,31-,32-,33-,34-,35-,36-/m1/s1. The number of hydrogen-bond donors (Lipinski definition) is 17. The molecule has 0 unspecified atom stereocenters. The first kappa shape index (κ1) is 84.7. The van der Waals surface area contributed by atoms with Gasteiger partial charge in [0.15, 0.2) is 0 Å². The number of carbonyl (C=O) groups excluding carboxylic acids is 12. The largest absolute Gasteiger partial charge is 0.480 e. The van der Waals surface area contributed by atoms with Crippen LogP contribution in [0.1, 0.15) is 56.1 Å². The SMILES string of the molecule is O=C(C[C@@H](NC(=O)[C@@H](CC(=O)N[C@H](CS(=O)(=O)O)C(=O)O)NC(=O)[C@@H](CC(=O)N[C@H](CS(=O)(=O)O)C(=O)O)NC(=O)[C@@H](CC(=O)N[C@H](CS(=O)(=O)O)C(=O)O)NC(=O)[C@H]1C[C@@H](C(=O)C(=O)OCc2ccccc2)C[C@@H](C(=O)C(=O)OCc2ccccc2)C1)C(=O)O)N[C@H](CS(=O)(=O)O)C(=O)O. The third-order valence-electron chi connectivity index (χ3n) is 13.8. The number of hydrogen-bond acceptors (Lipinski definition) is 27. The molecule has 48 heteroatoms. The predicted molar refractivity (Wildman–Crippen MR) is 325 cm³/mol. The van der Waals surface area contributed by atoms with Gasteiger partial charge in [0.2, 0.25) is 58.8 Å². The van der Waals surface area contributed by atoms with Crippen LogP contribution in [0.3, 0.4) is 0 Å². The summed E-state index contributed by atoms with van der Waals surface area (Å²) in [6.45, 7) is -1.03. The van der Waals surface area contributed by atoms with E-state index in [0.717, 1.165) is 0 Å². The Labute approximate surface area is 568 Å². The van der Waals surface area contributed by atoms with Crippen molar-refractivity contribution >= 4 is 141 Å². The molecule has 8 amide bonds. The molecule has 0 saturated heterocycles. The Bertz CT molecular complexity index is 3930. The molecule has 11 atom stereocenters. The Kier molecular flexibility index (Phi) is 31.5. The zero-order chi connectivity index (χ0) is 76.7. The van der Waals surface area contributed by atoms with Gasteiger partial charge in [0.1, 0.15) is 84.6 Å². The van der Waals surface area contributed by atoms with E-state index in [1.54, 1.807) is 28.1 Å². The van der Waals surface area contributed by atoms with Crippen LogP contribution in [0.5, 0.6) is 0 Å². The molecule has 0 heterocycles. The van der Waals surface area contributed by atoms with Gasteiger partial charge in [0, 0.05) is 17.8 Å². The van der Waals surface area contributed by atoms with Gasteiger partial charge in [0.05, 0.1) is 25.7 Å². The highest BCUT2D eigenvalue weighted by molar-refractivity contribution is 7.86. The topological polar surface area (TPSA) is 724 Å². The molecular formula is C53H64N8O36S4. The summed E-state index contributed by atoms with van der Waals surface area (Å²) in [5, 5.41) is 61.2. The van der Waals surface area contributed by atoms with E-state index < -0.39 is 288 Å². The summed E-state index contributed by atoms with van der Waals surface area (Å²) in [6, 6.07) is -6.54. The molecular weight excluding hydrogens is 1450 g/mol. The molecule has 556 valence electrons. The zero-order valence-electron chi connectivity index (χ0n) is 51.5. The number of ketones is 2. The maximum Gasteiger partial charge on any atom is 0.375 e. The fraction of sp³-hybridized carbons (Fsp3) is 0.453. The average molecular weight is 1520 g/mol. The predicted octanol–water partition coefficient (Wildman–Crippen LogP) is -7.94. The van der Waals surface area contributed by atoms with Crippen molar-refractivity contribution in [1.82, 2.24) is 42.5 Å². The number of aliphatic carboxylic acids is 5. The lowest BCUT2D eigenvalue weighted by Gasteiger charge is -2.33. The fourth-order valence-electron chi connectivity index (χ4n) is 9.11. The highest BCUT2D eigenvalue weighted by Crippen LogP contribution is 2.36. The smallest absolute Gasteiger partial charge is 0.375 e. The van der Waals surface area contributed by atoms with E-state index in [4.69, 9.17) is 14.0 Å². The van der Waals surface area contributed by atoms with Gasteiger partial charge >= 0.3 is 41.8 Å². The molecule has 1 aliphatic rings. The molecule has 2 aromatic carbocycles. The second-order valence-corrected chi connectivity index (χ2v) is 27.9. The second-order valence-electron chi connectivity index (χ2n) is 21.9. The summed E-state index contributed by atoms with van der Waals surface area (Å²) in [7, 11) is -21.3. The first-order chi connectivity index (χ1) is 46.6. The number of ether oxygens (including phenoxy) is 2. The Morgan fingerprint density at radius 2 is 0.574 bits per heavy atom. The zero-order valence-corrected chi connectivity index (χ0v) is 54.8. The van der Waals surface area contributed by atoms with Crippen molar-refractivity contribution < 1.29 is 168 Å². The summed E-state index contributed by atoms with van der Waals surface area (Å²) in [5.74, 6) is -44.9. The summed E-state index contributed by atoms with van der Waals surface area (Å²) < 4.78 is 141. The van der Waals surface area contributed by atoms with E-state index in [9.17, 15) is 154 Å². The van der Waals surface area contributed by atoms with Crippen molar-refractivity contribution in [2.45, 2.75) is 106 Å². The number of carboxylic acid groups (broad SMARTS) is 5. The van der Waals surface area contributed by atoms with Crippen molar-refractivity contribution in [3.8, 4) is 0 Å². The van der Waals surface area contributed by atoms with Crippen LogP contribution < -0.4 is 42.5 Å². The van der Waals surface area contributed by atoms with Crippen molar-refractivity contribution in [3.63, 3.8) is 0 Å². The summed E-state index contributed by atoms with van der Waals surface area (Å²) in [5.41, 5.74) is 0.713. The molecule has 101 heavy (non-hydrogen) atoms. The lowest BCUT2D eigenvalue weighted by molar-refractivity contribution is -0.160. The van der Waals surface area contributed by atoms with E-state index in [1.807, 2.05) is 5.32 Å². The van der Waals surface area contributed by atoms with E-state index in [-0.39, 0.29) is 0 Å². The van der Waals surface area contributed by atoms with Crippen molar-refractivity contribution in [2.24, 2.45) is 17.8 Å². The molecule has 0 bridgehead atoms. The molecule has 0 spiro atoms. The third kappa shape index (κ3) is 31.5. The molecule has 3 rings (SSSR count). The van der Waals surface area contributed by atoms with Crippen molar-refractivity contribution in [2.75, 3.05) is 23.0 Å². The number of nitrogens with one attached hydrogen (secondary N) is 8. The van der Waals surface area contributed by atoms with Gasteiger partial charge < -0.3 is 77.5 Å². The average Bonchev–Trinajstić information content (AvgIpc) is 0.812. The van der Waals surface area contributed by atoms with Gasteiger partial charge in [-0.1, -0.05) is 60.7 Å². The number of Topliss-reactive ketones (excluding diaryl/α,β-unsaturated/α-hetero) is 2. The quantitative estimate of drug-likeness (QED) is 0.0167. The lowest BCUT2D eigenvalue weighted by Crippen LogP contribution is -2.60. The number of amides is 8. The van der Waals surface area contributed by atoms with Crippen LogP contribution in [0.4, 0.5) is 0 Å². The van der Waals surface area contributed by atoms with Gasteiger partial charge in [-0.2, -0.15) is 33.7 Å². The van der Waals surface area contributed by atoms with Crippen LogP contribution in [0.2, 0.25) is 0 Å². The van der Waals surface area contributed by atoms with Gasteiger partial charge in [-0.3, -0.25) is 66.2 Å². The normalized spacial score (nSPS) is 17.0. The minimum absolute atomic E-state index is 0.357. The van der Waals surface area contributed by atoms with Gasteiger partial charge in [-0.15, -0.1) is 0 Å². The van der Waals surface area contributed by atoms with Crippen molar-refractivity contribution in [3.05, 3.63) is 71.8 Å². The van der Waals surface area contributed by atoms with Crippen LogP contribution in [-0.2, 0) is 145 Å². The van der Waals surface area contributed by atoms with E-state index >= 15 is 0 Å². The molecule has 1 fully saturated rings. The van der Waals surface area contributed by atoms with Crippen LogP contribution in [0.25, 0.3) is 0 Å². The minimum atomic E-state index is -5.38. The highest BCUT2D eigenvalue weighted by Gasteiger charge is 2.45. The van der Waals surface area contributed by atoms with Crippen molar-refractivity contribution in [1.29, 1.82) is 0 Å². The molecule has 0 aromatic heterocycles. The monoisotopic (exact) mass is 1520 g/mol. The first-order valence-corrected chi connectivity index (χ1v) is 34.9. The lowest BCUT2D eigenvalue weighted by atomic mass is 9.71. The molecule has 1 saturated carbocycles. The molecule has 0 aliphatic heterocycles. The second kappa shape index (κ2) is 37.6. The number of carbonyl (C=O) groups is 17. The van der Waals surface area contributed by atoms with Crippen LogP contribution in [0.15, 0.2) is 60.7 Å². The third-order valence-corrected chi connectivity index (χ3v) is 16.8. The Morgan fingerprint density at radius 1 is 0.337 bits per heavy atom. The van der Waals surface area contributed by atoms with E-state index in [2.05, 4.69) is 0 Å². The Balaban J connectivity index is 2.28. The number of carboxylic acids is 5. The molecule has 2 aromatic rings. The van der Waals surface area contributed by atoms with Crippen LogP contribution >= 0.6 is 0 Å². The summed E-state index contributed by atoms with van der Waals surface area (Å²) >= 11 is 0. The maximum absolute atomic E-state index is 14.7. The van der Waals surface area contributed by atoms with E-state index in [1.165, 1.54) is 69.8 Å². The Morgan fingerprint density at radius 3 is 0.832 bits per heavy atom. The molecule has 17 N–H and O–H groups in total. The minimum Gasteiger partial charge on any atom is -0.480 e. The van der Waals surface area contributed by atoms with Gasteiger partial charge in [0.25, 0.3) is 40.5 Å². The highest BCUT2D eigenvalue weighted by atomic mass is 32.2. The molecule has 0 radical (unpaired) electrons. The number of rotatable bonds is 41. The summed E-state index contributed by atoms with van der Waals surface area (Å²) in [6.07, 6.45) is -9.30. The van der Waals surface area contributed by atoms with Crippen LogP contribution in [0, 0.1) is 17.8 Å². The molecule has 44 nitrogen and oxygen atoms in total. The van der Waals surface area contributed by atoms with E-state index in [0.29, 0.717) is 11.1 Å². The number of esters is 2.